The van der Waals surface area contributed by atoms with Crippen LogP contribution in [0, 0.1) is 18.3 Å². The van der Waals surface area contributed by atoms with E-state index in [1.807, 2.05) is 48.0 Å². The lowest BCUT2D eigenvalue weighted by Crippen LogP contribution is -2.42. The number of sulfone groups is 1. The fraction of sp³-hybridized carbons (Fsp3) is 0.500. The number of ether oxygens (including phenoxy) is 1. The van der Waals surface area contributed by atoms with Gasteiger partial charge in [-0.1, -0.05) is 30.3 Å². The van der Waals surface area contributed by atoms with Crippen LogP contribution in [-0.4, -0.2) is 54.1 Å². The molecule has 2 atom stereocenters. The summed E-state index contributed by atoms with van der Waals surface area (Å²) in [4.78, 5) is 14.3. The Hall–Kier alpha value is -3.06. The molecule has 0 spiro atoms. The minimum atomic E-state index is -3.34. The first kappa shape index (κ1) is 22.1. The first-order valence-corrected chi connectivity index (χ1v) is 12.6. The zero-order valence-corrected chi connectivity index (χ0v) is 19.0. The Bertz CT molecular complexity index is 1130. The van der Waals surface area contributed by atoms with E-state index in [-0.39, 0.29) is 13.0 Å². The third kappa shape index (κ3) is 4.88. The fourth-order valence-corrected chi connectivity index (χ4v) is 4.92. The highest BCUT2D eigenvalue weighted by Crippen LogP contribution is 2.35. The van der Waals surface area contributed by atoms with E-state index in [1.54, 1.807) is 4.90 Å². The van der Waals surface area contributed by atoms with Gasteiger partial charge in [0.15, 0.2) is 16.1 Å². The average Bonchev–Trinajstić information content (AvgIpc) is 3.21. The highest BCUT2D eigenvalue weighted by Gasteiger charge is 2.47. The number of nitriles is 1. The van der Waals surface area contributed by atoms with Crippen LogP contribution in [0.4, 0.5) is 10.6 Å². The Morgan fingerprint density at radius 2 is 2.06 bits per heavy atom. The molecule has 1 aromatic heterocycles. The standard InChI is InChI=1S/C22H27N5O4S/c1-16-12-19(27(25-16)11-8-17-6-4-3-5-7-17)26-14-18(32(2,29)30)13-20(26)31-21(28)24-22(15-23)9-10-22/h3-7,12,18,20H,8-11,13-14H2,1-2H3,(H,24,28)/t18-,20+/m1/s1. The van der Waals surface area contributed by atoms with Crippen LogP contribution >= 0.6 is 0 Å². The molecule has 1 aromatic carbocycles. The van der Waals surface area contributed by atoms with Crippen LogP contribution in [0.5, 0.6) is 0 Å². The van der Waals surface area contributed by atoms with Crippen molar-refractivity contribution in [2.24, 2.45) is 0 Å². The summed E-state index contributed by atoms with van der Waals surface area (Å²) in [7, 11) is -3.34. The van der Waals surface area contributed by atoms with Gasteiger partial charge >= 0.3 is 6.09 Å². The van der Waals surface area contributed by atoms with Crippen molar-refractivity contribution < 1.29 is 17.9 Å². The van der Waals surface area contributed by atoms with Gasteiger partial charge in [0, 0.05) is 31.8 Å². The predicted octanol–water partition coefficient (Wildman–Crippen LogP) is 2.17. The van der Waals surface area contributed by atoms with Gasteiger partial charge in [-0.05, 0) is 31.7 Å². The maximum absolute atomic E-state index is 12.5. The largest absolute Gasteiger partial charge is 0.425 e. The SMILES string of the molecule is Cc1cc(N2C[C@H](S(C)(=O)=O)C[C@@H]2OC(=O)NC2(C#N)CC2)n(CCc2ccccc2)n1. The Labute approximate surface area is 187 Å². The second kappa shape index (κ2) is 8.47. The molecule has 0 unspecified atom stereocenters. The lowest BCUT2D eigenvalue weighted by molar-refractivity contribution is 0.0995. The minimum absolute atomic E-state index is 0.161. The molecule has 1 aliphatic carbocycles. The Morgan fingerprint density at radius 1 is 1.34 bits per heavy atom. The number of rotatable bonds is 7. The van der Waals surface area contributed by atoms with Gasteiger partial charge < -0.3 is 15.0 Å². The summed E-state index contributed by atoms with van der Waals surface area (Å²) in [5.41, 5.74) is 1.10. The zero-order chi connectivity index (χ0) is 22.9. The van der Waals surface area contributed by atoms with E-state index >= 15 is 0 Å². The number of hydrogen-bond donors (Lipinski definition) is 1. The maximum Gasteiger partial charge on any atom is 0.410 e. The molecule has 0 bridgehead atoms. The number of aromatic nitrogens is 2. The monoisotopic (exact) mass is 457 g/mol. The zero-order valence-electron chi connectivity index (χ0n) is 18.2. The van der Waals surface area contributed by atoms with Crippen molar-refractivity contribution in [3.63, 3.8) is 0 Å². The number of alkyl carbamates (subject to hydrolysis) is 1. The molecule has 0 radical (unpaired) electrons. The molecule has 2 fully saturated rings. The van der Waals surface area contributed by atoms with Crippen molar-refractivity contribution in [2.45, 2.75) is 56.2 Å². The van der Waals surface area contributed by atoms with Crippen molar-refractivity contribution in [3.8, 4) is 6.07 Å². The van der Waals surface area contributed by atoms with Gasteiger partial charge in [0.25, 0.3) is 0 Å². The molecule has 10 heteroatoms. The summed E-state index contributed by atoms with van der Waals surface area (Å²) in [5.74, 6) is 0.712. The van der Waals surface area contributed by atoms with Crippen molar-refractivity contribution >= 4 is 21.7 Å². The number of amides is 1. The molecule has 4 rings (SSSR count). The molecule has 2 aliphatic rings. The Morgan fingerprint density at radius 3 is 2.69 bits per heavy atom. The van der Waals surface area contributed by atoms with Crippen LogP contribution in [0.25, 0.3) is 0 Å². The number of aryl methyl sites for hydroxylation is 3. The first-order valence-electron chi connectivity index (χ1n) is 10.6. The summed E-state index contributed by atoms with van der Waals surface area (Å²) < 4.78 is 32.0. The molecule has 170 valence electrons. The second-order valence-corrected chi connectivity index (χ2v) is 10.9. The van der Waals surface area contributed by atoms with E-state index in [9.17, 15) is 18.5 Å². The van der Waals surface area contributed by atoms with Crippen LogP contribution in [0.2, 0.25) is 0 Å². The van der Waals surface area contributed by atoms with E-state index < -0.39 is 32.9 Å². The quantitative estimate of drug-likeness (QED) is 0.677. The number of carbonyl (C=O) groups excluding carboxylic acids is 1. The smallest absolute Gasteiger partial charge is 0.410 e. The number of nitrogens with one attached hydrogen (secondary N) is 1. The summed E-state index contributed by atoms with van der Waals surface area (Å²) in [6, 6.07) is 14.0. The first-order chi connectivity index (χ1) is 15.2. The van der Waals surface area contributed by atoms with Crippen molar-refractivity contribution in [3.05, 3.63) is 47.7 Å². The molecule has 32 heavy (non-hydrogen) atoms. The normalized spacial score (nSPS) is 21.7. The average molecular weight is 458 g/mol. The molecule has 1 aliphatic heterocycles. The van der Waals surface area contributed by atoms with Crippen LogP contribution in [0.15, 0.2) is 36.4 Å². The highest BCUT2D eigenvalue weighted by molar-refractivity contribution is 7.91. The molecule has 9 nitrogen and oxygen atoms in total. The molecule has 1 saturated heterocycles. The van der Waals surface area contributed by atoms with Crippen LogP contribution in [0.1, 0.15) is 30.5 Å². The number of hydrogen-bond acceptors (Lipinski definition) is 7. The van der Waals surface area contributed by atoms with Crippen LogP contribution in [0.3, 0.4) is 0 Å². The van der Waals surface area contributed by atoms with Crippen LogP contribution in [-0.2, 0) is 27.5 Å². The van der Waals surface area contributed by atoms with Crippen molar-refractivity contribution in [1.29, 1.82) is 5.26 Å². The van der Waals surface area contributed by atoms with E-state index in [0.29, 0.717) is 25.2 Å². The molecular formula is C22H27N5O4S. The molecular weight excluding hydrogens is 430 g/mol. The fourth-order valence-electron chi connectivity index (χ4n) is 3.97. The summed E-state index contributed by atoms with van der Waals surface area (Å²) >= 11 is 0. The Balaban J connectivity index is 1.55. The minimum Gasteiger partial charge on any atom is -0.425 e. The number of anilines is 1. The Kier molecular flexibility index (Phi) is 5.86. The third-order valence-electron chi connectivity index (χ3n) is 6.00. The van der Waals surface area contributed by atoms with Crippen LogP contribution < -0.4 is 10.2 Å². The van der Waals surface area contributed by atoms with Gasteiger partial charge in [0.2, 0.25) is 0 Å². The summed E-state index contributed by atoms with van der Waals surface area (Å²) in [6.07, 6.45) is 1.82. The number of carbonyl (C=O) groups is 1. The van der Waals surface area contributed by atoms with Crippen molar-refractivity contribution in [1.82, 2.24) is 15.1 Å². The summed E-state index contributed by atoms with van der Waals surface area (Å²) in [6.45, 7) is 2.68. The van der Waals surface area contributed by atoms with E-state index in [2.05, 4.69) is 16.5 Å². The van der Waals surface area contributed by atoms with E-state index in [0.717, 1.165) is 12.1 Å². The van der Waals surface area contributed by atoms with Gasteiger partial charge in [0.1, 0.15) is 11.4 Å². The lowest BCUT2D eigenvalue weighted by Gasteiger charge is -2.27. The maximum atomic E-state index is 12.5. The van der Waals surface area contributed by atoms with Gasteiger partial charge in [-0.3, -0.25) is 0 Å². The topological polar surface area (TPSA) is 117 Å². The van der Waals surface area contributed by atoms with E-state index in [4.69, 9.17) is 4.74 Å². The van der Waals surface area contributed by atoms with Gasteiger partial charge in [-0.2, -0.15) is 10.4 Å². The second-order valence-electron chi connectivity index (χ2n) is 8.62. The van der Waals surface area contributed by atoms with Crippen molar-refractivity contribution in [2.75, 3.05) is 17.7 Å². The summed E-state index contributed by atoms with van der Waals surface area (Å²) in [5, 5.41) is 15.7. The molecule has 1 amide bonds. The third-order valence-corrected chi connectivity index (χ3v) is 7.55. The number of nitrogens with zero attached hydrogens (tertiary/aromatic N) is 4. The molecule has 2 aromatic rings. The van der Waals surface area contributed by atoms with E-state index in [1.165, 1.54) is 11.8 Å². The number of benzene rings is 1. The van der Waals surface area contributed by atoms with Gasteiger partial charge in [0.05, 0.1) is 17.0 Å². The molecule has 1 saturated carbocycles. The molecule has 2 heterocycles. The lowest BCUT2D eigenvalue weighted by atomic mass is 10.1. The molecule has 1 N–H and O–H groups in total. The highest BCUT2D eigenvalue weighted by atomic mass is 32.2. The predicted molar refractivity (Wildman–Crippen MR) is 119 cm³/mol. The van der Waals surface area contributed by atoms with Gasteiger partial charge in [-0.15, -0.1) is 0 Å². The van der Waals surface area contributed by atoms with Gasteiger partial charge in [-0.25, -0.2) is 17.9 Å².